The molecule has 0 unspecified atom stereocenters. The summed E-state index contributed by atoms with van der Waals surface area (Å²) in [4.78, 5) is 12.5. The molecule has 0 saturated heterocycles. The van der Waals surface area contributed by atoms with E-state index in [1.165, 1.54) is 0 Å². The molecule has 1 heterocycles. The molecular weight excluding hydrogens is 276 g/mol. The van der Waals surface area contributed by atoms with E-state index in [9.17, 15) is 4.79 Å². The van der Waals surface area contributed by atoms with Crippen LogP contribution in [0.5, 0.6) is 11.5 Å². The van der Waals surface area contributed by atoms with Gasteiger partial charge in [0.1, 0.15) is 11.5 Å². The first kappa shape index (κ1) is 14.6. The fraction of sp³-hybridized carbons (Fsp3) is 0.316. The van der Waals surface area contributed by atoms with Crippen molar-refractivity contribution in [1.82, 2.24) is 0 Å². The zero-order valence-electron chi connectivity index (χ0n) is 13.3. The minimum Gasteiger partial charge on any atom is -0.456 e. The van der Waals surface area contributed by atoms with Crippen molar-refractivity contribution in [2.45, 2.75) is 33.3 Å². The number of rotatable bonds is 1. The summed E-state index contributed by atoms with van der Waals surface area (Å²) in [6.07, 6.45) is 0. The number of carbonyl (C=O) groups excluding carboxylic acids is 1. The average molecular weight is 296 g/mol. The van der Waals surface area contributed by atoms with Gasteiger partial charge in [-0.05, 0) is 39.8 Å². The van der Waals surface area contributed by atoms with E-state index in [1.807, 2.05) is 76.2 Å². The molecule has 0 N–H and O–H groups in total. The van der Waals surface area contributed by atoms with Crippen molar-refractivity contribution in [3.05, 3.63) is 59.7 Å². The summed E-state index contributed by atoms with van der Waals surface area (Å²) >= 11 is 0. The standard InChI is InChI=1S/C19H20O3/c1-18(2,3)17(20)22-19(4)13-9-5-7-11-15(13)21-16-12-8-6-10-14(16)19/h5-12H,1-4H3. The lowest BCUT2D eigenvalue weighted by Crippen LogP contribution is -2.37. The summed E-state index contributed by atoms with van der Waals surface area (Å²) in [6, 6.07) is 15.4. The smallest absolute Gasteiger partial charge is 0.312 e. The van der Waals surface area contributed by atoms with E-state index >= 15 is 0 Å². The Morgan fingerprint density at radius 2 is 1.41 bits per heavy atom. The van der Waals surface area contributed by atoms with E-state index < -0.39 is 11.0 Å². The highest BCUT2D eigenvalue weighted by atomic mass is 16.6. The highest BCUT2D eigenvalue weighted by Crippen LogP contribution is 2.49. The van der Waals surface area contributed by atoms with Crippen molar-refractivity contribution >= 4 is 5.97 Å². The molecular formula is C19H20O3. The van der Waals surface area contributed by atoms with E-state index in [0.29, 0.717) is 0 Å². The summed E-state index contributed by atoms with van der Waals surface area (Å²) in [5, 5.41) is 0. The van der Waals surface area contributed by atoms with Crippen LogP contribution in [0.25, 0.3) is 0 Å². The lowest BCUT2D eigenvalue weighted by molar-refractivity contribution is -0.165. The summed E-state index contributed by atoms with van der Waals surface area (Å²) in [7, 11) is 0. The van der Waals surface area contributed by atoms with Gasteiger partial charge in [0, 0.05) is 11.1 Å². The Morgan fingerprint density at radius 1 is 0.955 bits per heavy atom. The molecule has 2 aromatic carbocycles. The molecule has 0 atom stereocenters. The van der Waals surface area contributed by atoms with Gasteiger partial charge in [0.15, 0.2) is 5.60 Å². The van der Waals surface area contributed by atoms with Crippen molar-refractivity contribution < 1.29 is 14.3 Å². The van der Waals surface area contributed by atoms with Crippen LogP contribution in [0.3, 0.4) is 0 Å². The van der Waals surface area contributed by atoms with Crippen molar-refractivity contribution in [3.63, 3.8) is 0 Å². The van der Waals surface area contributed by atoms with Gasteiger partial charge in [0.2, 0.25) is 0 Å². The topological polar surface area (TPSA) is 35.5 Å². The van der Waals surface area contributed by atoms with E-state index in [1.54, 1.807) is 0 Å². The molecule has 1 aliphatic rings. The predicted octanol–water partition coefficient (Wildman–Crippen LogP) is 4.65. The zero-order chi connectivity index (χ0) is 16.0. The first-order valence-electron chi connectivity index (χ1n) is 7.43. The molecule has 0 aromatic heterocycles. The number of para-hydroxylation sites is 2. The molecule has 3 heteroatoms. The van der Waals surface area contributed by atoms with Crippen LogP contribution < -0.4 is 4.74 Å². The van der Waals surface area contributed by atoms with Crippen LogP contribution in [0.1, 0.15) is 38.8 Å². The second-order valence-electron chi connectivity index (χ2n) is 6.77. The van der Waals surface area contributed by atoms with E-state index in [0.717, 1.165) is 22.6 Å². The number of ether oxygens (including phenoxy) is 2. The first-order chi connectivity index (χ1) is 10.3. The highest BCUT2D eigenvalue weighted by Gasteiger charge is 2.43. The Kier molecular flexibility index (Phi) is 3.24. The van der Waals surface area contributed by atoms with Crippen LogP contribution in [-0.2, 0) is 15.1 Å². The number of hydrogen-bond acceptors (Lipinski definition) is 3. The maximum absolute atomic E-state index is 12.5. The Labute approximate surface area is 130 Å². The molecule has 0 bridgehead atoms. The maximum atomic E-state index is 12.5. The third-order valence-corrected chi connectivity index (χ3v) is 3.93. The molecule has 0 amide bonds. The summed E-state index contributed by atoms with van der Waals surface area (Å²) < 4.78 is 11.9. The Bertz CT molecular complexity index is 680. The van der Waals surface area contributed by atoms with Gasteiger partial charge in [-0.15, -0.1) is 0 Å². The highest BCUT2D eigenvalue weighted by molar-refractivity contribution is 5.77. The summed E-state index contributed by atoms with van der Waals surface area (Å²) in [5.74, 6) is 1.22. The fourth-order valence-electron chi connectivity index (χ4n) is 2.61. The predicted molar refractivity (Wildman–Crippen MR) is 85.0 cm³/mol. The molecule has 0 spiro atoms. The van der Waals surface area contributed by atoms with Crippen molar-refractivity contribution in [3.8, 4) is 11.5 Å². The van der Waals surface area contributed by atoms with Crippen LogP contribution in [0, 0.1) is 5.41 Å². The molecule has 1 aliphatic heterocycles. The van der Waals surface area contributed by atoms with E-state index in [2.05, 4.69) is 0 Å². The molecule has 114 valence electrons. The van der Waals surface area contributed by atoms with Crippen LogP contribution in [0.15, 0.2) is 48.5 Å². The molecule has 3 nitrogen and oxygen atoms in total. The average Bonchev–Trinajstić information content (AvgIpc) is 2.47. The second kappa shape index (κ2) is 4.87. The molecule has 0 aliphatic carbocycles. The van der Waals surface area contributed by atoms with Crippen LogP contribution in [0.4, 0.5) is 0 Å². The lowest BCUT2D eigenvalue weighted by Gasteiger charge is -2.38. The first-order valence-corrected chi connectivity index (χ1v) is 7.43. The van der Waals surface area contributed by atoms with E-state index in [4.69, 9.17) is 9.47 Å². The number of carbonyl (C=O) groups is 1. The van der Waals surface area contributed by atoms with Crippen LogP contribution >= 0.6 is 0 Å². The number of hydrogen-bond donors (Lipinski definition) is 0. The normalized spacial score (nSPS) is 15.3. The molecule has 0 saturated carbocycles. The van der Waals surface area contributed by atoms with Crippen LogP contribution in [-0.4, -0.2) is 5.97 Å². The Morgan fingerprint density at radius 3 is 1.86 bits per heavy atom. The number of benzene rings is 2. The van der Waals surface area contributed by atoms with Gasteiger partial charge in [-0.1, -0.05) is 36.4 Å². The van der Waals surface area contributed by atoms with Crippen molar-refractivity contribution in [2.75, 3.05) is 0 Å². The molecule has 0 radical (unpaired) electrons. The largest absolute Gasteiger partial charge is 0.456 e. The third kappa shape index (κ3) is 2.27. The van der Waals surface area contributed by atoms with Gasteiger partial charge in [-0.3, -0.25) is 4.79 Å². The maximum Gasteiger partial charge on any atom is 0.312 e. The van der Waals surface area contributed by atoms with Crippen molar-refractivity contribution in [1.29, 1.82) is 0 Å². The molecule has 22 heavy (non-hydrogen) atoms. The monoisotopic (exact) mass is 296 g/mol. The molecule has 2 aromatic rings. The summed E-state index contributed by atoms with van der Waals surface area (Å²) in [5.41, 5.74) is 0.318. The van der Waals surface area contributed by atoms with Crippen LogP contribution in [0.2, 0.25) is 0 Å². The van der Waals surface area contributed by atoms with Gasteiger partial charge in [-0.2, -0.15) is 0 Å². The Balaban J connectivity index is 2.15. The van der Waals surface area contributed by atoms with Gasteiger partial charge < -0.3 is 9.47 Å². The summed E-state index contributed by atoms with van der Waals surface area (Å²) in [6.45, 7) is 7.50. The quantitative estimate of drug-likeness (QED) is 0.719. The number of fused-ring (bicyclic) bond motifs is 2. The van der Waals surface area contributed by atoms with Gasteiger partial charge >= 0.3 is 5.97 Å². The van der Waals surface area contributed by atoms with Gasteiger partial charge in [0.25, 0.3) is 0 Å². The van der Waals surface area contributed by atoms with Gasteiger partial charge in [0.05, 0.1) is 5.41 Å². The van der Waals surface area contributed by atoms with Crippen molar-refractivity contribution in [2.24, 2.45) is 5.41 Å². The minimum atomic E-state index is -0.851. The molecule has 3 rings (SSSR count). The number of esters is 1. The second-order valence-corrected chi connectivity index (χ2v) is 6.77. The third-order valence-electron chi connectivity index (χ3n) is 3.93. The Hall–Kier alpha value is -2.29. The zero-order valence-corrected chi connectivity index (χ0v) is 13.3. The SMILES string of the molecule is CC(C)(C)C(=O)OC1(C)c2ccccc2Oc2ccccc21. The van der Waals surface area contributed by atoms with Gasteiger partial charge in [-0.25, -0.2) is 0 Å². The minimum absolute atomic E-state index is 0.235. The van der Waals surface area contributed by atoms with E-state index in [-0.39, 0.29) is 5.97 Å². The lowest BCUT2D eigenvalue weighted by atomic mass is 9.84. The molecule has 0 fully saturated rings. The fourth-order valence-corrected chi connectivity index (χ4v) is 2.61.